The van der Waals surface area contributed by atoms with E-state index in [0.717, 1.165) is 6.42 Å². The second-order valence-corrected chi connectivity index (χ2v) is 4.58. The number of thiocarbonyl (C=S) groups is 1. The van der Waals surface area contributed by atoms with Crippen molar-refractivity contribution in [2.24, 2.45) is 11.7 Å². The third kappa shape index (κ3) is 4.44. The van der Waals surface area contributed by atoms with E-state index in [1.807, 2.05) is 6.92 Å². The number of carbonyl (C=O) groups excluding carboxylic acids is 1. The zero-order chi connectivity index (χ0) is 14.4. The monoisotopic (exact) mass is 282 g/mol. The number of anilines is 1. The van der Waals surface area contributed by atoms with E-state index < -0.39 is 5.92 Å². The summed E-state index contributed by atoms with van der Waals surface area (Å²) in [5.74, 6) is -0.207. The minimum atomic E-state index is -0.505. The fourth-order valence-electron chi connectivity index (χ4n) is 1.59. The van der Waals surface area contributed by atoms with Crippen LogP contribution < -0.4 is 15.8 Å². The second kappa shape index (κ2) is 6.98. The lowest BCUT2D eigenvalue weighted by atomic mass is 10.0. The molecule has 0 radical (unpaired) electrons. The summed E-state index contributed by atoms with van der Waals surface area (Å²) in [7, 11) is 1.50. The van der Waals surface area contributed by atoms with Crippen LogP contribution in [0, 0.1) is 12.8 Å². The lowest BCUT2D eigenvalue weighted by molar-refractivity contribution is -0.118. The van der Waals surface area contributed by atoms with E-state index >= 15 is 0 Å². The first-order valence-electron chi connectivity index (χ1n) is 5.97. The molecule has 1 heterocycles. The van der Waals surface area contributed by atoms with Crippen molar-refractivity contribution in [3.63, 3.8) is 0 Å². The van der Waals surface area contributed by atoms with Gasteiger partial charge in [0.15, 0.2) is 0 Å². The Morgan fingerprint density at radius 2 is 2.26 bits per heavy atom. The van der Waals surface area contributed by atoms with Crippen LogP contribution >= 0.6 is 12.2 Å². The maximum Gasteiger partial charge on any atom is 0.236 e. The molecule has 1 atom stereocenters. The summed E-state index contributed by atoms with van der Waals surface area (Å²) in [5.41, 5.74) is 6.27. The largest absolute Gasteiger partial charge is 0.481 e. The Bertz CT molecular complexity index is 479. The molecular weight excluding hydrogens is 264 g/mol. The van der Waals surface area contributed by atoms with Crippen LogP contribution in [-0.4, -0.2) is 28.0 Å². The Kier molecular flexibility index (Phi) is 5.62. The molecule has 7 heteroatoms. The molecule has 1 aromatic heterocycles. The molecule has 0 aliphatic carbocycles. The topological polar surface area (TPSA) is 90.1 Å². The minimum Gasteiger partial charge on any atom is -0.481 e. The highest BCUT2D eigenvalue weighted by Gasteiger charge is 2.21. The van der Waals surface area contributed by atoms with Gasteiger partial charge in [0.2, 0.25) is 17.7 Å². The molecule has 0 saturated heterocycles. The molecule has 0 spiro atoms. The van der Waals surface area contributed by atoms with Crippen LogP contribution in [0.3, 0.4) is 0 Å². The van der Waals surface area contributed by atoms with E-state index in [2.05, 4.69) is 15.3 Å². The molecule has 0 aliphatic heterocycles. The fourth-order valence-corrected chi connectivity index (χ4v) is 1.81. The minimum absolute atomic E-state index is 0.180. The third-order valence-corrected chi connectivity index (χ3v) is 2.80. The Morgan fingerprint density at radius 3 is 2.79 bits per heavy atom. The van der Waals surface area contributed by atoms with Crippen LogP contribution in [-0.2, 0) is 4.79 Å². The van der Waals surface area contributed by atoms with Crippen LogP contribution in [0.2, 0.25) is 0 Å². The van der Waals surface area contributed by atoms with Crippen molar-refractivity contribution in [1.29, 1.82) is 0 Å². The molecule has 1 amide bonds. The summed E-state index contributed by atoms with van der Waals surface area (Å²) < 4.78 is 5.02. The summed E-state index contributed by atoms with van der Waals surface area (Å²) in [6, 6.07) is 1.67. The number of nitrogens with one attached hydrogen (secondary N) is 1. The lowest BCUT2D eigenvalue weighted by Crippen LogP contribution is -2.33. The van der Waals surface area contributed by atoms with E-state index in [4.69, 9.17) is 22.7 Å². The maximum absolute atomic E-state index is 12.1. The van der Waals surface area contributed by atoms with Crippen molar-refractivity contribution in [3.8, 4) is 5.88 Å². The van der Waals surface area contributed by atoms with Crippen LogP contribution in [0.25, 0.3) is 0 Å². The van der Waals surface area contributed by atoms with Crippen molar-refractivity contribution >= 4 is 29.1 Å². The molecule has 3 N–H and O–H groups in total. The van der Waals surface area contributed by atoms with E-state index in [9.17, 15) is 4.79 Å². The number of ether oxygens (including phenoxy) is 1. The predicted molar refractivity (Wildman–Crippen MR) is 77.1 cm³/mol. The quantitative estimate of drug-likeness (QED) is 0.767. The van der Waals surface area contributed by atoms with Crippen LogP contribution in [0.4, 0.5) is 5.95 Å². The van der Waals surface area contributed by atoms with Gasteiger partial charge in [0, 0.05) is 11.8 Å². The lowest BCUT2D eigenvalue weighted by Gasteiger charge is -2.14. The van der Waals surface area contributed by atoms with E-state index in [1.54, 1.807) is 13.0 Å². The molecule has 19 heavy (non-hydrogen) atoms. The smallest absolute Gasteiger partial charge is 0.236 e. The molecule has 1 aromatic rings. The number of hydrogen-bond acceptors (Lipinski definition) is 5. The molecule has 0 fully saturated rings. The molecule has 6 nitrogen and oxygen atoms in total. The second-order valence-electron chi connectivity index (χ2n) is 4.11. The summed E-state index contributed by atoms with van der Waals surface area (Å²) in [4.78, 5) is 20.4. The van der Waals surface area contributed by atoms with Gasteiger partial charge in [0.1, 0.15) is 0 Å². The number of rotatable bonds is 6. The van der Waals surface area contributed by atoms with Gasteiger partial charge in [-0.15, -0.1) is 0 Å². The SMILES string of the molecule is CCCC(C(=O)Nc1nc(C)cc(OC)n1)C(N)=S. The number of amides is 1. The van der Waals surface area contributed by atoms with Gasteiger partial charge in [-0.2, -0.15) is 4.98 Å². The Balaban J connectivity index is 2.85. The van der Waals surface area contributed by atoms with Crippen LogP contribution in [0.5, 0.6) is 5.88 Å². The molecule has 1 unspecified atom stereocenters. The molecule has 1 rings (SSSR count). The molecule has 0 saturated carbocycles. The van der Waals surface area contributed by atoms with Crippen molar-refractivity contribution < 1.29 is 9.53 Å². The van der Waals surface area contributed by atoms with Crippen molar-refractivity contribution in [3.05, 3.63) is 11.8 Å². The summed E-state index contributed by atoms with van der Waals surface area (Å²) in [5, 5.41) is 2.62. The zero-order valence-corrected chi connectivity index (χ0v) is 12.1. The van der Waals surface area contributed by atoms with Gasteiger partial charge in [-0.1, -0.05) is 25.6 Å². The van der Waals surface area contributed by atoms with E-state index in [0.29, 0.717) is 18.0 Å². The number of carbonyl (C=O) groups is 1. The fraction of sp³-hybridized carbons (Fsp3) is 0.500. The molecule has 0 aromatic carbocycles. The Labute approximate surface area is 117 Å². The van der Waals surface area contributed by atoms with Crippen molar-refractivity contribution in [2.45, 2.75) is 26.7 Å². The first-order valence-corrected chi connectivity index (χ1v) is 6.38. The van der Waals surface area contributed by atoms with Gasteiger partial charge < -0.3 is 10.5 Å². The standard InChI is InChI=1S/C12H18N4O2S/c1-4-5-8(10(13)19)11(17)16-12-14-7(2)6-9(15-12)18-3/h6,8H,4-5H2,1-3H3,(H2,13,19)(H,14,15,16,17). The van der Waals surface area contributed by atoms with Crippen molar-refractivity contribution in [1.82, 2.24) is 9.97 Å². The molecule has 0 aliphatic rings. The Morgan fingerprint density at radius 1 is 1.58 bits per heavy atom. The highest BCUT2D eigenvalue weighted by atomic mass is 32.1. The summed E-state index contributed by atoms with van der Waals surface area (Å²) in [6.07, 6.45) is 1.41. The van der Waals surface area contributed by atoms with Crippen LogP contribution in [0.1, 0.15) is 25.5 Å². The average Bonchev–Trinajstić information content (AvgIpc) is 2.34. The number of nitrogens with zero attached hydrogens (tertiary/aromatic N) is 2. The van der Waals surface area contributed by atoms with E-state index in [-0.39, 0.29) is 16.8 Å². The van der Waals surface area contributed by atoms with Gasteiger partial charge in [-0.05, 0) is 13.3 Å². The average molecular weight is 282 g/mol. The van der Waals surface area contributed by atoms with Crippen LogP contribution in [0.15, 0.2) is 6.07 Å². The highest BCUT2D eigenvalue weighted by Crippen LogP contribution is 2.14. The van der Waals surface area contributed by atoms with Gasteiger partial charge in [0.05, 0.1) is 18.0 Å². The highest BCUT2D eigenvalue weighted by molar-refractivity contribution is 7.80. The van der Waals surface area contributed by atoms with Gasteiger partial charge in [-0.25, -0.2) is 4.98 Å². The third-order valence-electron chi connectivity index (χ3n) is 2.51. The first-order chi connectivity index (χ1) is 8.97. The number of hydrogen-bond donors (Lipinski definition) is 2. The zero-order valence-electron chi connectivity index (χ0n) is 11.3. The number of aromatic nitrogens is 2. The number of nitrogens with two attached hydrogens (primary N) is 1. The van der Waals surface area contributed by atoms with Crippen molar-refractivity contribution in [2.75, 3.05) is 12.4 Å². The number of aryl methyl sites for hydroxylation is 1. The molecule has 0 bridgehead atoms. The Hall–Kier alpha value is -1.76. The summed E-state index contributed by atoms with van der Waals surface area (Å²) in [6.45, 7) is 3.75. The van der Waals surface area contributed by atoms with Gasteiger partial charge in [0.25, 0.3) is 0 Å². The predicted octanol–water partition coefficient (Wildman–Crippen LogP) is 1.43. The number of methoxy groups -OCH3 is 1. The van der Waals surface area contributed by atoms with Gasteiger partial charge >= 0.3 is 0 Å². The first kappa shape index (κ1) is 15.3. The normalized spacial score (nSPS) is 11.7. The van der Waals surface area contributed by atoms with Gasteiger partial charge in [-0.3, -0.25) is 10.1 Å². The maximum atomic E-state index is 12.1. The molecule has 104 valence electrons. The summed E-state index contributed by atoms with van der Waals surface area (Å²) >= 11 is 4.90. The van der Waals surface area contributed by atoms with E-state index in [1.165, 1.54) is 7.11 Å². The molecular formula is C12H18N4O2S.